The number of hydrogen-bond acceptors (Lipinski definition) is 6. The fourth-order valence-corrected chi connectivity index (χ4v) is 4.71. The minimum absolute atomic E-state index is 0.0498. The highest BCUT2D eigenvalue weighted by Gasteiger charge is 2.31. The van der Waals surface area contributed by atoms with E-state index in [1.165, 1.54) is 11.1 Å². The van der Waals surface area contributed by atoms with Gasteiger partial charge in [0.15, 0.2) is 5.65 Å². The molecule has 0 saturated carbocycles. The van der Waals surface area contributed by atoms with E-state index < -0.39 is 5.60 Å². The van der Waals surface area contributed by atoms with Gasteiger partial charge in [-0.2, -0.15) is 5.10 Å². The number of anilines is 1. The molecule has 0 aromatic carbocycles. The monoisotopic (exact) mass is 475 g/mol. The second-order valence-corrected chi connectivity index (χ2v) is 10.7. The Morgan fingerprint density at radius 3 is 2.63 bits per heavy atom. The van der Waals surface area contributed by atoms with Crippen LogP contribution in [0.15, 0.2) is 24.7 Å². The predicted octanol–water partition coefficient (Wildman–Crippen LogP) is 4.73. The lowest BCUT2D eigenvalue weighted by atomic mass is 9.95. The van der Waals surface area contributed by atoms with Crippen molar-refractivity contribution in [2.45, 2.75) is 66.0 Å². The van der Waals surface area contributed by atoms with Crippen molar-refractivity contribution in [3.8, 4) is 11.3 Å². The van der Waals surface area contributed by atoms with Crippen LogP contribution in [0, 0.1) is 13.8 Å². The van der Waals surface area contributed by atoms with E-state index in [1.807, 2.05) is 37.5 Å². The van der Waals surface area contributed by atoms with Gasteiger partial charge in [0.2, 0.25) is 0 Å². The SMILES string of the molecule is Cc1c(-c2[nH]c3ccc(N4CC(NC(=O)OC(C)(C)C)C4)nc3c2C(C)C)cn2ncnc2c1C. The van der Waals surface area contributed by atoms with Crippen molar-refractivity contribution in [3.05, 3.63) is 41.3 Å². The number of hydrogen-bond donors (Lipinski definition) is 2. The quantitative estimate of drug-likeness (QED) is 0.443. The van der Waals surface area contributed by atoms with E-state index in [0.29, 0.717) is 13.1 Å². The molecule has 4 aromatic rings. The van der Waals surface area contributed by atoms with Crippen molar-refractivity contribution in [1.29, 1.82) is 0 Å². The van der Waals surface area contributed by atoms with Gasteiger partial charge < -0.3 is 19.9 Å². The molecule has 5 heterocycles. The maximum Gasteiger partial charge on any atom is 0.407 e. The number of carbonyl (C=O) groups is 1. The Kier molecular flexibility index (Phi) is 5.45. The van der Waals surface area contributed by atoms with Crippen molar-refractivity contribution < 1.29 is 9.53 Å². The second kappa shape index (κ2) is 8.25. The number of ether oxygens (including phenoxy) is 1. The third-order valence-electron chi connectivity index (χ3n) is 6.56. The normalized spacial score (nSPS) is 14.7. The zero-order valence-corrected chi connectivity index (χ0v) is 21.4. The Morgan fingerprint density at radius 2 is 1.94 bits per heavy atom. The van der Waals surface area contributed by atoms with Crippen molar-refractivity contribution in [2.75, 3.05) is 18.0 Å². The van der Waals surface area contributed by atoms with E-state index in [4.69, 9.17) is 9.72 Å². The lowest BCUT2D eigenvalue weighted by Gasteiger charge is -2.40. The molecule has 184 valence electrons. The standard InChI is InChI=1S/C26H33N7O2/c1-14(2)21-22(18-12-33-24(27-13-28-33)16(4)15(18)3)30-19-8-9-20(31-23(19)21)32-10-17(11-32)29-25(34)35-26(5,6)7/h8-9,12-14,17,30H,10-11H2,1-7H3,(H,29,34). The predicted molar refractivity (Wildman–Crippen MR) is 137 cm³/mol. The summed E-state index contributed by atoms with van der Waals surface area (Å²) in [5.74, 6) is 1.18. The number of amides is 1. The largest absolute Gasteiger partial charge is 0.444 e. The highest BCUT2D eigenvalue weighted by atomic mass is 16.6. The second-order valence-electron chi connectivity index (χ2n) is 10.7. The highest BCUT2D eigenvalue weighted by molar-refractivity contribution is 5.90. The highest BCUT2D eigenvalue weighted by Crippen LogP contribution is 2.38. The summed E-state index contributed by atoms with van der Waals surface area (Å²) in [6, 6.07) is 4.18. The Bertz CT molecular complexity index is 1420. The number of nitrogens with zero attached hydrogens (tertiary/aromatic N) is 5. The molecule has 1 amide bonds. The average Bonchev–Trinajstić information content (AvgIpc) is 3.35. The van der Waals surface area contributed by atoms with Crippen molar-refractivity contribution in [2.24, 2.45) is 0 Å². The zero-order valence-electron chi connectivity index (χ0n) is 21.4. The number of aromatic nitrogens is 5. The van der Waals surface area contributed by atoms with Crippen LogP contribution in [0.2, 0.25) is 0 Å². The minimum atomic E-state index is -0.505. The van der Waals surface area contributed by atoms with Crippen LogP contribution in [0.3, 0.4) is 0 Å². The summed E-state index contributed by atoms with van der Waals surface area (Å²) in [7, 11) is 0. The first-order chi connectivity index (χ1) is 16.5. The minimum Gasteiger partial charge on any atom is -0.444 e. The van der Waals surface area contributed by atoms with Gasteiger partial charge in [-0.05, 0) is 63.8 Å². The molecular formula is C26H33N7O2. The maximum atomic E-state index is 12.1. The number of aryl methyl sites for hydroxylation is 1. The molecule has 1 fully saturated rings. The molecule has 1 aliphatic heterocycles. The molecule has 0 aliphatic carbocycles. The molecule has 9 nitrogen and oxygen atoms in total. The fraction of sp³-hybridized carbons (Fsp3) is 0.462. The summed E-state index contributed by atoms with van der Waals surface area (Å²) < 4.78 is 7.21. The van der Waals surface area contributed by atoms with E-state index in [-0.39, 0.29) is 18.1 Å². The summed E-state index contributed by atoms with van der Waals surface area (Å²) in [4.78, 5) is 27.3. The van der Waals surface area contributed by atoms with Gasteiger partial charge in [0.05, 0.1) is 22.8 Å². The van der Waals surface area contributed by atoms with Gasteiger partial charge in [0, 0.05) is 30.4 Å². The molecule has 0 unspecified atom stereocenters. The van der Waals surface area contributed by atoms with Crippen LogP contribution in [0.1, 0.15) is 57.2 Å². The summed E-state index contributed by atoms with van der Waals surface area (Å²) >= 11 is 0. The number of nitrogens with one attached hydrogen (secondary N) is 2. The molecule has 9 heteroatoms. The van der Waals surface area contributed by atoms with Gasteiger partial charge in [-0.15, -0.1) is 0 Å². The number of rotatable bonds is 4. The van der Waals surface area contributed by atoms with Crippen LogP contribution in [-0.2, 0) is 4.74 Å². The number of H-pyrrole nitrogens is 1. The molecule has 35 heavy (non-hydrogen) atoms. The molecule has 2 N–H and O–H groups in total. The first-order valence-corrected chi connectivity index (χ1v) is 12.1. The third kappa shape index (κ3) is 4.19. The molecule has 1 saturated heterocycles. The van der Waals surface area contributed by atoms with Crippen molar-refractivity contribution in [1.82, 2.24) is 29.9 Å². The lowest BCUT2D eigenvalue weighted by Crippen LogP contribution is -2.60. The van der Waals surface area contributed by atoms with Gasteiger partial charge in [0.25, 0.3) is 0 Å². The smallest absolute Gasteiger partial charge is 0.407 e. The van der Waals surface area contributed by atoms with E-state index in [0.717, 1.165) is 39.3 Å². The topological polar surface area (TPSA) is 100 Å². The van der Waals surface area contributed by atoms with E-state index >= 15 is 0 Å². The summed E-state index contributed by atoms with van der Waals surface area (Å²) in [5, 5.41) is 7.31. The number of fused-ring (bicyclic) bond motifs is 2. The zero-order chi connectivity index (χ0) is 25.1. The molecule has 0 spiro atoms. The first-order valence-electron chi connectivity index (χ1n) is 12.1. The molecule has 0 radical (unpaired) electrons. The molecule has 5 rings (SSSR count). The van der Waals surface area contributed by atoms with Gasteiger partial charge in [0.1, 0.15) is 17.7 Å². The average molecular weight is 476 g/mol. The van der Waals surface area contributed by atoms with Crippen LogP contribution < -0.4 is 10.2 Å². The number of carbonyl (C=O) groups excluding carboxylic acids is 1. The fourth-order valence-electron chi connectivity index (χ4n) is 4.71. The molecule has 4 aromatic heterocycles. The number of alkyl carbamates (subject to hydrolysis) is 1. The van der Waals surface area contributed by atoms with Crippen molar-refractivity contribution in [3.63, 3.8) is 0 Å². The first kappa shape index (κ1) is 23.1. The third-order valence-corrected chi connectivity index (χ3v) is 6.56. The maximum absolute atomic E-state index is 12.1. The van der Waals surface area contributed by atoms with Crippen LogP contribution in [-0.4, -0.2) is 55.4 Å². The summed E-state index contributed by atoms with van der Waals surface area (Å²) in [6.45, 7) is 15.6. The van der Waals surface area contributed by atoms with E-state index in [9.17, 15) is 4.79 Å². The Labute approximate surface area is 204 Å². The molecule has 1 aliphatic rings. The van der Waals surface area contributed by atoms with Gasteiger partial charge in [-0.3, -0.25) is 0 Å². The Hall–Kier alpha value is -3.62. The van der Waals surface area contributed by atoms with Crippen molar-refractivity contribution >= 4 is 28.6 Å². The molecular weight excluding hydrogens is 442 g/mol. The number of pyridine rings is 2. The van der Waals surface area contributed by atoms with Crippen LogP contribution in [0.4, 0.5) is 10.6 Å². The van der Waals surface area contributed by atoms with Crippen LogP contribution >= 0.6 is 0 Å². The van der Waals surface area contributed by atoms with Crippen LogP contribution in [0.5, 0.6) is 0 Å². The number of aromatic amines is 1. The molecule has 0 atom stereocenters. The van der Waals surface area contributed by atoms with E-state index in [1.54, 1.807) is 6.33 Å². The lowest BCUT2D eigenvalue weighted by molar-refractivity contribution is 0.0496. The van der Waals surface area contributed by atoms with Gasteiger partial charge in [-0.25, -0.2) is 19.3 Å². The van der Waals surface area contributed by atoms with Crippen LogP contribution in [0.25, 0.3) is 27.9 Å². The van der Waals surface area contributed by atoms with Gasteiger partial charge >= 0.3 is 6.09 Å². The van der Waals surface area contributed by atoms with Gasteiger partial charge in [-0.1, -0.05) is 13.8 Å². The Balaban J connectivity index is 1.45. The molecule has 0 bridgehead atoms. The summed E-state index contributed by atoms with van der Waals surface area (Å²) in [5.41, 5.74) is 8.02. The van der Waals surface area contributed by atoms with E-state index in [2.05, 4.69) is 59.0 Å². The summed E-state index contributed by atoms with van der Waals surface area (Å²) in [6.07, 6.45) is 3.26. The Morgan fingerprint density at radius 1 is 1.20 bits per heavy atom.